The number of thiol groups is 1. The second kappa shape index (κ2) is 4.79. The van der Waals surface area contributed by atoms with E-state index in [1.54, 1.807) is 26.8 Å². The normalized spacial score (nSPS) is 11.1. The van der Waals surface area contributed by atoms with E-state index in [-0.39, 0.29) is 11.1 Å². The summed E-state index contributed by atoms with van der Waals surface area (Å²) in [7, 11) is 0. The lowest BCUT2D eigenvalue weighted by molar-refractivity contribution is 0.00618. The Bertz CT molecular complexity index is 460. The van der Waals surface area contributed by atoms with Gasteiger partial charge in [0.2, 0.25) is 0 Å². The minimum atomic E-state index is -1.18. The highest BCUT2D eigenvalue weighted by Gasteiger charge is 2.24. The van der Waals surface area contributed by atoms with Gasteiger partial charge in [0.05, 0.1) is 11.1 Å². The molecule has 0 aliphatic heterocycles. The SMILES string of the molecule is CC(C)(C)OC(=O)c1c(S)cccc1C(=O)O. The Morgan fingerprint density at radius 3 is 2.35 bits per heavy atom. The minimum absolute atomic E-state index is 0.0155. The van der Waals surface area contributed by atoms with Crippen molar-refractivity contribution in [3.8, 4) is 0 Å². The first-order valence-corrected chi connectivity index (χ1v) is 5.45. The lowest BCUT2D eigenvalue weighted by atomic mass is 10.1. The van der Waals surface area contributed by atoms with Crippen LogP contribution in [0.5, 0.6) is 0 Å². The first-order chi connectivity index (χ1) is 7.72. The average molecular weight is 254 g/mol. The van der Waals surface area contributed by atoms with E-state index in [4.69, 9.17) is 9.84 Å². The summed E-state index contributed by atoms with van der Waals surface area (Å²) in [6.07, 6.45) is 0. The van der Waals surface area contributed by atoms with Crippen molar-refractivity contribution in [3.63, 3.8) is 0 Å². The summed E-state index contributed by atoms with van der Waals surface area (Å²) in [5.74, 6) is -1.86. The molecule has 5 heteroatoms. The second-order valence-electron chi connectivity index (χ2n) is 4.51. The van der Waals surface area contributed by atoms with E-state index in [1.807, 2.05) is 0 Å². The lowest BCUT2D eigenvalue weighted by Crippen LogP contribution is -2.25. The van der Waals surface area contributed by atoms with Crippen LogP contribution in [0.2, 0.25) is 0 Å². The summed E-state index contributed by atoms with van der Waals surface area (Å²) in [5.41, 5.74) is -0.798. The van der Waals surface area contributed by atoms with Gasteiger partial charge in [0, 0.05) is 4.90 Å². The highest BCUT2D eigenvalue weighted by molar-refractivity contribution is 7.80. The summed E-state index contributed by atoms with van der Waals surface area (Å²) in [4.78, 5) is 23.2. The molecule has 0 bridgehead atoms. The van der Waals surface area contributed by atoms with E-state index in [0.717, 1.165) is 0 Å². The van der Waals surface area contributed by atoms with Gasteiger partial charge in [-0.25, -0.2) is 9.59 Å². The largest absolute Gasteiger partial charge is 0.478 e. The Morgan fingerprint density at radius 2 is 1.88 bits per heavy atom. The van der Waals surface area contributed by atoms with Gasteiger partial charge < -0.3 is 9.84 Å². The molecule has 0 aliphatic carbocycles. The van der Waals surface area contributed by atoms with E-state index in [1.165, 1.54) is 12.1 Å². The van der Waals surface area contributed by atoms with Crippen LogP contribution in [0.3, 0.4) is 0 Å². The molecule has 0 spiro atoms. The van der Waals surface area contributed by atoms with E-state index in [9.17, 15) is 9.59 Å². The monoisotopic (exact) mass is 254 g/mol. The van der Waals surface area contributed by atoms with Crippen LogP contribution in [-0.2, 0) is 4.74 Å². The minimum Gasteiger partial charge on any atom is -0.478 e. The number of carbonyl (C=O) groups excluding carboxylic acids is 1. The summed E-state index contributed by atoms with van der Waals surface area (Å²) in [6, 6.07) is 4.43. The van der Waals surface area contributed by atoms with E-state index in [0.29, 0.717) is 4.90 Å². The van der Waals surface area contributed by atoms with Crippen molar-refractivity contribution in [3.05, 3.63) is 29.3 Å². The number of esters is 1. The van der Waals surface area contributed by atoms with Crippen molar-refractivity contribution >= 4 is 24.6 Å². The zero-order chi connectivity index (χ0) is 13.2. The topological polar surface area (TPSA) is 63.6 Å². The number of ether oxygens (including phenoxy) is 1. The molecule has 0 heterocycles. The number of benzene rings is 1. The number of hydrogen-bond acceptors (Lipinski definition) is 4. The smallest absolute Gasteiger partial charge is 0.340 e. The molecular formula is C12H14O4S. The van der Waals surface area contributed by atoms with Crippen LogP contribution >= 0.6 is 12.6 Å². The molecule has 1 aromatic rings. The average Bonchev–Trinajstić information content (AvgIpc) is 2.13. The maximum absolute atomic E-state index is 11.9. The van der Waals surface area contributed by atoms with Crippen LogP contribution < -0.4 is 0 Å². The van der Waals surface area contributed by atoms with Crippen LogP contribution in [0, 0.1) is 0 Å². The van der Waals surface area contributed by atoms with E-state index in [2.05, 4.69) is 12.6 Å². The number of carboxylic acids is 1. The molecule has 4 nitrogen and oxygen atoms in total. The molecule has 0 atom stereocenters. The van der Waals surface area contributed by atoms with Crippen LogP contribution in [0.4, 0.5) is 0 Å². The number of aromatic carboxylic acids is 1. The summed E-state index contributed by atoms with van der Waals surface area (Å²) in [6.45, 7) is 5.14. The molecule has 92 valence electrons. The first-order valence-electron chi connectivity index (χ1n) is 5.01. The number of rotatable bonds is 2. The van der Waals surface area contributed by atoms with Crippen LogP contribution in [-0.4, -0.2) is 22.6 Å². The first kappa shape index (κ1) is 13.6. The Labute approximate surface area is 105 Å². The Kier molecular flexibility index (Phi) is 3.83. The highest BCUT2D eigenvalue weighted by Crippen LogP contribution is 2.22. The molecule has 0 saturated heterocycles. The van der Waals surface area contributed by atoms with Crippen molar-refractivity contribution in [1.82, 2.24) is 0 Å². The number of hydrogen-bond donors (Lipinski definition) is 2. The van der Waals surface area contributed by atoms with Gasteiger partial charge in [-0.05, 0) is 32.9 Å². The molecule has 1 aromatic carbocycles. The standard InChI is InChI=1S/C12H14O4S/c1-12(2,3)16-11(15)9-7(10(13)14)5-4-6-8(9)17/h4-6,17H,1-3H3,(H,13,14). The molecule has 0 aromatic heterocycles. The Morgan fingerprint density at radius 1 is 1.29 bits per heavy atom. The van der Waals surface area contributed by atoms with Crippen molar-refractivity contribution < 1.29 is 19.4 Å². The molecule has 0 amide bonds. The highest BCUT2D eigenvalue weighted by atomic mass is 32.1. The van der Waals surface area contributed by atoms with Gasteiger partial charge in [0.15, 0.2) is 0 Å². The van der Waals surface area contributed by atoms with Crippen molar-refractivity contribution in [2.24, 2.45) is 0 Å². The van der Waals surface area contributed by atoms with Crippen LogP contribution in [0.15, 0.2) is 23.1 Å². The zero-order valence-electron chi connectivity index (χ0n) is 9.85. The van der Waals surface area contributed by atoms with Crippen LogP contribution in [0.1, 0.15) is 41.5 Å². The van der Waals surface area contributed by atoms with Gasteiger partial charge in [-0.15, -0.1) is 12.6 Å². The van der Waals surface area contributed by atoms with Gasteiger partial charge in [-0.2, -0.15) is 0 Å². The predicted octanol–water partition coefficient (Wildman–Crippen LogP) is 2.63. The maximum Gasteiger partial charge on any atom is 0.340 e. The van der Waals surface area contributed by atoms with Gasteiger partial charge in [-0.3, -0.25) is 0 Å². The fourth-order valence-electron chi connectivity index (χ4n) is 1.26. The molecule has 1 N–H and O–H groups in total. The van der Waals surface area contributed by atoms with Gasteiger partial charge in [0.1, 0.15) is 5.60 Å². The van der Waals surface area contributed by atoms with Crippen molar-refractivity contribution in [2.45, 2.75) is 31.3 Å². The maximum atomic E-state index is 11.9. The van der Waals surface area contributed by atoms with Crippen LogP contribution in [0.25, 0.3) is 0 Å². The Hall–Kier alpha value is -1.49. The molecule has 0 fully saturated rings. The van der Waals surface area contributed by atoms with E-state index >= 15 is 0 Å². The van der Waals surface area contributed by atoms with E-state index < -0.39 is 17.5 Å². The second-order valence-corrected chi connectivity index (χ2v) is 4.99. The number of carbonyl (C=O) groups is 2. The van der Waals surface area contributed by atoms with Crippen molar-refractivity contribution in [1.29, 1.82) is 0 Å². The molecule has 0 aliphatic rings. The summed E-state index contributed by atoms with van der Waals surface area (Å²) in [5, 5.41) is 9.00. The third-order valence-electron chi connectivity index (χ3n) is 1.88. The molecule has 1 rings (SSSR count). The number of carboxylic acid groups (broad SMARTS) is 1. The summed E-state index contributed by atoms with van der Waals surface area (Å²) < 4.78 is 5.14. The fourth-order valence-corrected chi connectivity index (χ4v) is 1.56. The third-order valence-corrected chi connectivity index (χ3v) is 2.25. The predicted molar refractivity (Wildman–Crippen MR) is 65.8 cm³/mol. The Balaban J connectivity index is 3.21. The molecular weight excluding hydrogens is 240 g/mol. The zero-order valence-corrected chi connectivity index (χ0v) is 10.7. The third kappa shape index (κ3) is 3.49. The molecule has 0 saturated carbocycles. The quantitative estimate of drug-likeness (QED) is 0.629. The van der Waals surface area contributed by atoms with Gasteiger partial charge in [0.25, 0.3) is 0 Å². The fraction of sp³-hybridized carbons (Fsp3) is 0.333. The lowest BCUT2D eigenvalue weighted by Gasteiger charge is -2.20. The van der Waals surface area contributed by atoms with Gasteiger partial charge >= 0.3 is 11.9 Å². The molecule has 0 unspecified atom stereocenters. The van der Waals surface area contributed by atoms with Gasteiger partial charge in [-0.1, -0.05) is 6.07 Å². The molecule has 0 radical (unpaired) electrons. The molecule has 17 heavy (non-hydrogen) atoms. The summed E-state index contributed by atoms with van der Waals surface area (Å²) >= 11 is 4.09. The van der Waals surface area contributed by atoms with Crippen molar-refractivity contribution in [2.75, 3.05) is 0 Å².